The van der Waals surface area contributed by atoms with Crippen LogP contribution in [0.4, 0.5) is 14.5 Å². The van der Waals surface area contributed by atoms with Crippen molar-refractivity contribution in [1.29, 1.82) is 0 Å². The molecule has 0 spiro atoms. The SMILES string of the molecule is O=C(Nc1ccc(F)c(F)c1)[C@H]1Cc2ccccc2O1. The molecule has 1 amide bonds. The number of carbonyl (C=O) groups is 1. The molecule has 0 aliphatic carbocycles. The number of fused-ring (bicyclic) bond motifs is 1. The van der Waals surface area contributed by atoms with E-state index in [-0.39, 0.29) is 11.6 Å². The Morgan fingerprint density at radius 3 is 2.70 bits per heavy atom. The van der Waals surface area contributed by atoms with Crippen LogP contribution in [0.5, 0.6) is 5.75 Å². The van der Waals surface area contributed by atoms with Crippen molar-refractivity contribution >= 4 is 11.6 Å². The van der Waals surface area contributed by atoms with Crippen LogP contribution < -0.4 is 10.1 Å². The van der Waals surface area contributed by atoms with Gasteiger partial charge in [0.25, 0.3) is 5.91 Å². The minimum atomic E-state index is -1.00. The van der Waals surface area contributed by atoms with Crippen molar-refractivity contribution in [3.8, 4) is 5.75 Å². The van der Waals surface area contributed by atoms with Crippen molar-refractivity contribution in [1.82, 2.24) is 0 Å². The fraction of sp³-hybridized carbons (Fsp3) is 0.133. The quantitative estimate of drug-likeness (QED) is 0.915. The largest absolute Gasteiger partial charge is 0.480 e. The Morgan fingerprint density at radius 2 is 1.95 bits per heavy atom. The number of rotatable bonds is 2. The standard InChI is InChI=1S/C15H11F2NO2/c16-11-6-5-10(8-12(11)17)18-15(19)14-7-9-3-1-2-4-13(9)20-14/h1-6,8,14H,7H2,(H,18,19)/t14-/m1/s1. The average molecular weight is 275 g/mol. The Kier molecular flexibility index (Phi) is 3.10. The van der Waals surface area contributed by atoms with Crippen molar-refractivity contribution < 1.29 is 18.3 Å². The summed E-state index contributed by atoms with van der Waals surface area (Å²) in [6.45, 7) is 0. The summed E-state index contributed by atoms with van der Waals surface area (Å²) in [6, 6.07) is 10.6. The predicted molar refractivity (Wildman–Crippen MR) is 69.5 cm³/mol. The van der Waals surface area contributed by atoms with Crippen LogP contribution in [0.1, 0.15) is 5.56 Å². The van der Waals surface area contributed by atoms with E-state index in [1.807, 2.05) is 18.2 Å². The molecule has 3 rings (SSSR count). The topological polar surface area (TPSA) is 38.3 Å². The maximum absolute atomic E-state index is 13.1. The van der Waals surface area contributed by atoms with Gasteiger partial charge in [-0.2, -0.15) is 0 Å². The minimum Gasteiger partial charge on any atom is -0.480 e. The number of nitrogens with one attached hydrogen (secondary N) is 1. The van der Waals surface area contributed by atoms with Gasteiger partial charge in [0.15, 0.2) is 17.7 Å². The molecule has 2 aromatic carbocycles. The number of halogens is 2. The number of hydrogen-bond donors (Lipinski definition) is 1. The number of ether oxygens (including phenoxy) is 1. The summed E-state index contributed by atoms with van der Waals surface area (Å²) in [5.74, 6) is -1.66. The molecular weight excluding hydrogens is 264 g/mol. The second-order valence-electron chi connectivity index (χ2n) is 4.54. The highest BCUT2D eigenvalue weighted by Crippen LogP contribution is 2.28. The highest BCUT2D eigenvalue weighted by molar-refractivity contribution is 5.95. The van der Waals surface area contributed by atoms with Gasteiger partial charge < -0.3 is 10.1 Å². The Balaban J connectivity index is 1.71. The van der Waals surface area contributed by atoms with Crippen LogP contribution in [-0.2, 0) is 11.2 Å². The van der Waals surface area contributed by atoms with Gasteiger partial charge in [-0.05, 0) is 23.8 Å². The van der Waals surface area contributed by atoms with Gasteiger partial charge in [0.2, 0.25) is 0 Å². The number of amides is 1. The first-order valence-corrected chi connectivity index (χ1v) is 6.14. The van der Waals surface area contributed by atoms with Gasteiger partial charge in [-0.3, -0.25) is 4.79 Å². The van der Waals surface area contributed by atoms with Crippen LogP contribution in [0.3, 0.4) is 0 Å². The fourth-order valence-electron chi connectivity index (χ4n) is 2.12. The monoisotopic (exact) mass is 275 g/mol. The molecular formula is C15H11F2NO2. The molecule has 3 nitrogen and oxygen atoms in total. The summed E-state index contributed by atoms with van der Waals surface area (Å²) in [5.41, 5.74) is 1.16. The smallest absolute Gasteiger partial charge is 0.265 e. The van der Waals surface area contributed by atoms with E-state index >= 15 is 0 Å². The van der Waals surface area contributed by atoms with Gasteiger partial charge in [0, 0.05) is 18.2 Å². The van der Waals surface area contributed by atoms with E-state index in [2.05, 4.69) is 5.32 Å². The van der Waals surface area contributed by atoms with E-state index < -0.39 is 17.7 Å². The van der Waals surface area contributed by atoms with Crippen LogP contribution in [0.2, 0.25) is 0 Å². The Bertz CT molecular complexity index is 648. The fourth-order valence-corrected chi connectivity index (χ4v) is 2.12. The maximum Gasteiger partial charge on any atom is 0.265 e. The normalized spacial score (nSPS) is 16.4. The van der Waals surface area contributed by atoms with Crippen molar-refractivity contribution in [3.63, 3.8) is 0 Å². The second kappa shape index (κ2) is 4.92. The summed E-state index contributed by atoms with van der Waals surface area (Å²) in [5, 5.41) is 2.52. The van der Waals surface area contributed by atoms with Gasteiger partial charge in [0.1, 0.15) is 5.75 Å². The number of hydrogen-bond acceptors (Lipinski definition) is 2. The zero-order chi connectivity index (χ0) is 14.1. The molecule has 0 unspecified atom stereocenters. The molecule has 1 N–H and O–H groups in total. The number of benzene rings is 2. The molecule has 1 aliphatic heterocycles. The van der Waals surface area contributed by atoms with Crippen LogP contribution in [-0.4, -0.2) is 12.0 Å². The molecule has 2 aromatic rings. The van der Waals surface area contributed by atoms with E-state index in [9.17, 15) is 13.6 Å². The summed E-state index contributed by atoms with van der Waals surface area (Å²) in [4.78, 5) is 12.0. The zero-order valence-electron chi connectivity index (χ0n) is 10.4. The third-order valence-corrected chi connectivity index (χ3v) is 3.13. The molecule has 0 saturated carbocycles. The third-order valence-electron chi connectivity index (χ3n) is 3.13. The first-order valence-electron chi connectivity index (χ1n) is 6.14. The lowest BCUT2D eigenvalue weighted by molar-refractivity contribution is -0.122. The number of anilines is 1. The van der Waals surface area contributed by atoms with E-state index in [0.29, 0.717) is 12.2 Å². The summed E-state index contributed by atoms with van der Waals surface area (Å²) >= 11 is 0. The molecule has 102 valence electrons. The number of para-hydroxylation sites is 1. The van der Waals surface area contributed by atoms with Gasteiger partial charge >= 0.3 is 0 Å². The first kappa shape index (κ1) is 12.6. The van der Waals surface area contributed by atoms with Gasteiger partial charge in [0.05, 0.1) is 0 Å². The predicted octanol–water partition coefficient (Wildman–Crippen LogP) is 2.91. The Labute approximate surface area is 114 Å². The lowest BCUT2D eigenvalue weighted by Gasteiger charge is -2.11. The van der Waals surface area contributed by atoms with E-state index in [1.54, 1.807) is 6.07 Å². The lowest BCUT2D eigenvalue weighted by atomic mass is 10.1. The van der Waals surface area contributed by atoms with Crippen molar-refractivity contribution in [3.05, 3.63) is 59.7 Å². The molecule has 5 heteroatoms. The molecule has 0 bridgehead atoms. The molecule has 0 fully saturated rings. The van der Waals surface area contributed by atoms with E-state index in [4.69, 9.17) is 4.74 Å². The van der Waals surface area contributed by atoms with Crippen LogP contribution >= 0.6 is 0 Å². The number of carbonyl (C=O) groups excluding carboxylic acids is 1. The zero-order valence-corrected chi connectivity index (χ0v) is 10.4. The minimum absolute atomic E-state index is 0.202. The molecule has 0 saturated heterocycles. The summed E-state index contributed by atoms with van der Waals surface area (Å²) in [7, 11) is 0. The molecule has 0 aromatic heterocycles. The van der Waals surface area contributed by atoms with Crippen LogP contribution in [0, 0.1) is 11.6 Å². The van der Waals surface area contributed by atoms with Crippen LogP contribution in [0.15, 0.2) is 42.5 Å². The van der Waals surface area contributed by atoms with Crippen LogP contribution in [0.25, 0.3) is 0 Å². The highest BCUT2D eigenvalue weighted by Gasteiger charge is 2.28. The van der Waals surface area contributed by atoms with Gasteiger partial charge in [-0.25, -0.2) is 8.78 Å². The molecule has 0 radical (unpaired) electrons. The molecule has 20 heavy (non-hydrogen) atoms. The van der Waals surface area contributed by atoms with E-state index in [1.165, 1.54) is 6.07 Å². The van der Waals surface area contributed by atoms with Crippen molar-refractivity contribution in [2.75, 3.05) is 5.32 Å². The van der Waals surface area contributed by atoms with E-state index in [0.717, 1.165) is 17.7 Å². The maximum atomic E-state index is 13.1. The highest BCUT2D eigenvalue weighted by atomic mass is 19.2. The summed E-state index contributed by atoms with van der Waals surface area (Å²) < 4.78 is 31.4. The summed E-state index contributed by atoms with van der Waals surface area (Å²) in [6.07, 6.45) is -0.188. The van der Waals surface area contributed by atoms with Crippen molar-refractivity contribution in [2.45, 2.75) is 12.5 Å². The second-order valence-corrected chi connectivity index (χ2v) is 4.54. The van der Waals surface area contributed by atoms with Gasteiger partial charge in [-0.1, -0.05) is 18.2 Å². The van der Waals surface area contributed by atoms with Crippen molar-refractivity contribution in [2.24, 2.45) is 0 Å². The Hall–Kier alpha value is -2.43. The van der Waals surface area contributed by atoms with Gasteiger partial charge in [-0.15, -0.1) is 0 Å². The molecule has 1 aliphatic rings. The molecule has 1 heterocycles. The Morgan fingerprint density at radius 1 is 1.15 bits per heavy atom. The molecule has 1 atom stereocenters. The third kappa shape index (κ3) is 2.34. The lowest BCUT2D eigenvalue weighted by Crippen LogP contribution is -2.31. The first-order chi connectivity index (χ1) is 9.63. The average Bonchev–Trinajstić information content (AvgIpc) is 2.87.